The highest BCUT2D eigenvalue weighted by Gasteiger charge is 2.19. The van der Waals surface area contributed by atoms with Crippen LogP contribution in [-0.2, 0) is 0 Å². The molecule has 0 aliphatic rings. The molecule has 3 rings (SSSR count). The molecule has 1 amide bonds. The highest BCUT2D eigenvalue weighted by Crippen LogP contribution is 2.31. The fourth-order valence-corrected chi connectivity index (χ4v) is 2.68. The summed E-state index contributed by atoms with van der Waals surface area (Å²) < 4.78 is 5.67. The minimum atomic E-state index is -0.351. The van der Waals surface area contributed by atoms with Crippen LogP contribution in [0.4, 0.5) is 5.69 Å². The van der Waals surface area contributed by atoms with Gasteiger partial charge in [-0.15, -0.1) is 0 Å². The Bertz CT molecular complexity index is 884. The Labute approximate surface area is 137 Å². The van der Waals surface area contributed by atoms with Crippen LogP contribution in [0.5, 0.6) is 0 Å². The van der Waals surface area contributed by atoms with E-state index < -0.39 is 0 Å². The van der Waals surface area contributed by atoms with E-state index in [0.29, 0.717) is 21.3 Å². The van der Waals surface area contributed by atoms with Crippen molar-refractivity contribution in [2.24, 2.45) is 0 Å². The van der Waals surface area contributed by atoms with Crippen LogP contribution < -0.4 is 5.32 Å². The van der Waals surface area contributed by atoms with Gasteiger partial charge in [-0.1, -0.05) is 40.9 Å². The van der Waals surface area contributed by atoms with Crippen LogP contribution in [0.3, 0.4) is 0 Å². The van der Waals surface area contributed by atoms with Crippen molar-refractivity contribution in [3.05, 3.63) is 63.3 Å². The van der Waals surface area contributed by atoms with Crippen molar-refractivity contribution in [1.29, 1.82) is 0 Å². The van der Waals surface area contributed by atoms with E-state index in [1.807, 2.05) is 32.0 Å². The van der Waals surface area contributed by atoms with Crippen molar-refractivity contribution in [3.63, 3.8) is 0 Å². The molecule has 0 aliphatic carbocycles. The molecular formula is C17H13Cl2NO2. The Kier molecular flexibility index (Phi) is 3.85. The van der Waals surface area contributed by atoms with Crippen LogP contribution in [0.2, 0.25) is 10.0 Å². The Morgan fingerprint density at radius 3 is 2.68 bits per heavy atom. The number of furan rings is 1. The van der Waals surface area contributed by atoms with Crippen molar-refractivity contribution in [1.82, 2.24) is 0 Å². The number of hydrogen-bond donors (Lipinski definition) is 1. The zero-order valence-corrected chi connectivity index (χ0v) is 13.5. The summed E-state index contributed by atoms with van der Waals surface area (Å²) in [6, 6.07) is 10.9. The van der Waals surface area contributed by atoms with E-state index in [4.69, 9.17) is 27.6 Å². The third kappa shape index (κ3) is 2.58. The Balaban J connectivity index is 1.99. The summed E-state index contributed by atoms with van der Waals surface area (Å²) in [5.74, 6) is -0.0767. The average molecular weight is 334 g/mol. The maximum absolute atomic E-state index is 12.4. The molecule has 0 aliphatic heterocycles. The van der Waals surface area contributed by atoms with E-state index in [0.717, 1.165) is 16.5 Å². The summed E-state index contributed by atoms with van der Waals surface area (Å²) in [6.45, 7) is 3.86. The van der Waals surface area contributed by atoms with Crippen LogP contribution in [0.1, 0.15) is 21.7 Å². The average Bonchev–Trinajstić information content (AvgIpc) is 2.81. The first kappa shape index (κ1) is 14.9. The van der Waals surface area contributed by atoms with Gasteiger partial charge in [0.2, 0.25) is 0 Å². The molecular weight excluding hydrogens is 321 g/mol. The maximum Gasteiger partial charge on any atom is 0.291 e. The quantitative estimate of drug-likeness (QED) is 0.662. The second-order valence-electron chi connectivity index (χ2n) is 5.11. The molecule has 0 fully saturated rings. The third-order valence-corrected chi connectivity index (χ3v) is 4.32. The van der Waals surface area contributed by atoms with Crippen LogP contribution in [-0.4, -0.2) is 5.91 Å². The number of aryl methyl sites for hydroxylation is 2. The molecule has 5 heteroatoms. The number of hydrogen-bond acceptors (Lipinski definition) is 2. The first-order valence-electron chi connectivity index (χ1n) is 6.72. The predicted molar refractivity (Wildman–Crippen MR) is 90.1 cm³/mol. The van der Waals surface area contributed by atoms with Crippen molar-refractivity contribution in [3.8, 4) is 0 Å². The lowest BCUT2D eigenvalue weighted by molar-refractivity contribution is 0.0998. The number of benzene rings is 2. The molecule has 0 bridgehead atoms. The molecule has 1 heterocycles. The summed E-state index contributed by atoms with van der Waals surface area (Å²) in [7, 11) is 0. The molecule has 0 saturated heterocycles. The number of carbonyl (C=O) groups excluding carboxylic acids is 1. The number of anilines is 1. The van der Waals surface area contributed by atoms with Crippen LogP contribution in [0, 0.1) is 13.8 Å². The zero-order chi connectivity index (χ0) is 15.9. The Morgan fingerprint density at radius 1 is 1.14 bits per heavy atom. The lowest BCUT2D eigenvalue weighted by Gasteiger charge is -2.07. The predicted octanol–water partition coefficient (Wildman–Crippen LogP) is 5.61. The molecule has 0 saturated carbocycles. The Morgan fingerprint density at radius 2 is 1.91 bits per heavy atom. The van der Waals surface area contributed by atoms with Crippen LogP contribution >= 0.6 is 23.2 Å². The number of halogens is 2. The summed E-state index contributed by atoms with van der Waals surface area (Å²) in [5, 5.41) is 4.36. The van der Waals surface area contributed by atoms with E-state index in [-0.39, 0.29) is 11.7 Å². The van der Waals surface area contributed by atoms with Crippen LogP contribution in [0.15, 0.2) is 40.8 Å². The van der Waals surface area contributed by atoms with Crippen molar-refractivity contribution in [2.45, 2.75) is 13.8 Å². The normalized spacial score (nSPS) is 10.9. The molecule has 1 N–H and O–H groups in total. The van der Waals surface area contributed by atoms with Crippen molar-refractivity contribution >= 4 is 45.8 Å². The largest absolute Gasteiger partial charge is 0.451 e. The molecule has 0 spiro atoms. The van der Waals surface area contributed by atoms with Gasteiger partial charge in [0.1, 0.15) is 5.58 Å². The van der Waals surface area contributed by atoms with Gasteiger partial charge in [-0.3, -0.25) is 4.79 Å². The highest BCUT2D eigenvalue weighted by atomic mass is 35.5. The van der Waals surface area contributed by atoms with E-state index in [9.17, 15) is 4.79 Å². The second kappa shape index (κ2) is 5.67. The van der Waals surface area contributed by atoms with Crippen molar-refractivity contribution < 1.29 is 9.21 Å². The van der Waals surface area contributed by atoms with Gasteiger partial charge in [-0.25, -0.2) is 0 Å². The third-order valence-electron chi connectivity index (χ3n) is 3.50. The van der Waals surface area contributed by atoms with Crippen molar-refractivity contribution in [2.75, 3.05) is 5.32 Å². The summed E-state index contributed by atoms with van der Waals surface area (Å²) in [5.41, 5.74) is 3.05. The first-order chi connectivity index (χ1) is 10.5. The number of nitrogens with one attached hydrogen (secondary N) is 1. The fourth-order valence-electron chi connectivity index (χ4n) is 2.33. The molecule has 0 radical (unpaired) electrons. The van der Waals surface area contributed by atoms with E-state index in [1.54, 1.807) is 18.2 Å². The monoisotopic (exact) mass is 333 g/mol. The number of carbonyl (C=O) groups is 1. The standard InChI is InChI=1S/C17H13Cl2NO2/c1-9-6-7-14-11(8-9)10(2)16(22-14)17(21)20-13-5-3-4-12(18)15(13)19/h3-8H,1-2H3,(H,20,21). The lowest BCUT2D eigenvalue weighted by Crippen LogP contribution is -2.12. The topological polar surface area (TPSA) is 42.2 Å². The molecule has 0 atom stereocenters. The number of amides is 1. The van der Waals surface area contributed by atoms with Gasteiger partial charge in [-0.05, 0) is 38.1 Å². The molecule has 2 aromatic carbocycles. The lowest BCUT2D eigenvalue weighted by atomic mass is 10.1. The number of fused-ring (bicyclic) bond motifs is 1. The van der Waals surface area contributed by atoms with Gasteiger partial charge < -0.3 is 9.73 Å². The summed E-state index contributed by atoms with van der Waals surface area (Å²) in [6.07, 6.45) is 0. The Hall–Kier alpha value is -1.97. The van der Waals surface area contributed by atoms with Gasteiger partial charge in [0.05, 0.1) is 15.7 Å². The van der Waals surface area contributed by atoms with Crippen LogP contribution in [0.25, 0.3) is 11.0 Å². The summed E-state index contributed by atoms with van der Waals surface area (Å²) in [4.78, 5) is 12.4. The molecule has 112 valence electrons. The zero-order valence-electron chi connectivity index (χ0n) is 12.0. The van der Waals surface area contributed by atoms with E-state index in [2.05, 4.69) is 5.32 Å². The summed E-state index contributed by atoms with van der Waals surface area (Å²) >= 11 is 12.0. The smallest absolute Gasteiger partial charge is 0.291 e. The highest BCUT2D eigenvalue weighted by molar-refractivity contribution is 6.44. The SMILES string of the molecule is Cc1ccc2oc(C(=O)Nc3cccc(Cl)c3Cl)c(C)c2c1. The van der Waals surface area contributed by atoms with E-state index in [1.165, 1.54) is 0 Å². The number of rotatable bonds is 2. The molecule has 3 nitrogen and oxygen atoms in total. The minimum absolute atomic E-state index is 0.275. The van der Waals surface area contributed by atoms with Gasteiger partial charge in [-0.2, -0.15) is 0 Å². The van der Waals surface area contributed by atoms with Gasteiger partial charge in [0, 0.05) is 10.9 Å². The molecule has 1 aromatic heterocycles. The van der Waals surface area contributed by atoms with E-state index >= 15 is 0 Å². The minimum Gasteiger partial charge on any atom is -0.451 e. The fraction of sp³-hybridized carbons (Fsp3) is 0.118. The van der Waals surface area contributed by atoms with Gasteiger partial charge >= 0.3 is 0 Å². The first-order valence-corrected chi connectivity index (χ1v) is 7.48. The molecule has 3 aromatic rings. The molecule has 22 heavy (non-hydrogen) atoms. The van der Waals surface area contributed by atoms with Gasteiger partial charge in [0.25, 0.3) is 5.91 Å². The molecule has 0 unspecified atom stereocenters. The second-order valence-corrected chi connectivity index (χ2v) is 5.90. The maximum atomic E-state index is 12.4. The van der Waals surface area contributed by atoms with Gasteiger partial charge in [0.15, 0.2) is 5.76 Å².